The summed E-state index contributed by atoms with van der Waals surface area (Å²) in [5.41, 5.74) is 2.33. The van der Waals surface area contributed by atoms with Gasteiger partial charge in [0.1, 0.15) is 5.75 Å². The Morgan fingerprint density at radius 1 is 0.939 bits per heavy atom. The van der Waals surface area contributed by atoms with Crippen molar-refractivity contribution in [3.63, 3.8) is 0 Å². The van der Waals surface area contributed by atoms with Gasteiger partial charge in [-0.3, -0.25) is 24.6 Å². The average molecular weight is 452 g/mol. The van der Waals surface area contributed by atoms with Crippen LogP contribution >= 0.6 is 0 Å². The van der Waals surface area contributed by atoms with Crippen molar-refractivity contribution in [2.45, 2.75) is 31.6 Å². The number of anilines is 1. The third-order valence-electron chi connectivity index (χ3n) is 6.11. The van der Waals surface area contributed by atoms with Crippen LogP contribution in [0.3, 0.4) is 0 Å². The lowest BCUT2D eigenvalue weighted by atomic mass is 9.76. The molecular weight excluding hydrogens is 428 g/mol. The second-order valence-corrected chi connectivity index (χ2v) is 7.85. The number of carbonyl (C=O) groups excluding carboxylic acids is 2. The summed E-state index contributed by atoms with van der Waals surface area (Å²) in [6.07, 6.45) is 1.63. The van der Waals surface area contributed by atoms with Crippen molar-refractivity contribution >= 4 is 23.1 Å². The number of methoxy groups -OCH3 is 3. The SMILES string of the molecule is COc1cc(OC)c(C2CC(=O)N(c3ccc([N+](=O)[O-])cc3)C3=C2C(=O)CCC3)cc1OC. The van der Waals surface area contributed by atoms with E-state index in [0.29, 0.717) is 59.0 Å². The maximum absolute atomic E-state index is 13.4. The lowest BCUT2D eigenvalue weighted by Gasteiger charge is -2.38. The van der Waals surface area contributed by atoms with Crippen molar-refractivity contribution in [1.82, 2.24) is 0 Å². The Kier molecular flexibility index (Phi) is 6.04. The van der Waals surface area contributed by atoms with E-state index in [1.165, 1.54) is 50.5 Å². The van der Waals surface area contributed by atoms with Crippen molar-refractivity contribution in [2.75, 3.05) is 26.2 Å². The number of ketones is 1. The molecule has 9 heteroatoms. The Labute approximate surface area is 190 Å². The summed E-state index contributed by atoms with van der Waals surface area (Å²) in [5, 5.41) is 11.0. The first-order valence-corrected chi connectivity index (χ1v) is 10.5. The van der Waals surface area contributed by atoms with Crippen molar-refractivity contribution in [3.8, 4) is 17.2 Å². The number of benzene rings is 2. The van der Waals surface area contributed by atoms with Gasteiger partial charge in [0, 0.05) is 59.5 Å². The quantitative estimate of drug-likeness (QED) is 0.478. The molecule has 0 fully saturated rings. The molecule has 1 atom stereocenters. The molecule has 4 rings (SSSR count). The van der Waals surface area contributed by atoms with Crippen LogP contribution in [0.15, 0.2) is 47.7 Å². The van der Waals surface area contributed by atoms with E-state index in [1.54, 1.807) is 12.1 Å². The van der Waals surface area contributed by atoms with Gasteiger partial charge >= 0.3 is 0 Å². The van der Waals surface area contributed by atoms with Crippen molar-refractivity contribution in [1.29, 1.82) is 0 Å². The van der Waals surface area contributed by atoms with E-state index in [0.717, 1.165) is 0 Å². The Morgan fingerprint density at radius 3 is 2.18 bits per heavy atom. The van der Waals surface area contributed by atoms with Gasteiger partial charge in [0.15, 0.2) is 17.3 Å². The van der Waals surface area contributed by atoms with E-state index in [1.807, 2.05) is 0 Å². The first kappa shape index (κ1) is 22.3. The van der Waals surface area contributed by atoms with E-state index in [9.17, 15) is 19.7 Å². The van der Waals surface area contributed by atoms with Crippen molar-refractivity contribution < 1.29 is 28.7 Å². The molecule has 1 unspecified atom stereocenters. The van der Waals surface area contributed by atoms with Gasteiger partial charge < -0.3 is 14.2 Å². The zero-order valence-corrected chi connectivity index (χ0v) is 18.6. The van der Waals surface area contributed by atoms with Crippen LogP contribution in [-0.4, -0.2) is 37.9 Å². The van der Waals surface area contributed by atoms with Gasteiger partial charge in [-0.25, -0.2) is 0 Å². The van der Waals surface area contributed by atoms with Gasteiger partial charge in [0.05, 0.1) is 26.3 Å². The molecule has 1 aliphatic carbocycles. The summed E-state index contributed by atoms with van der Waals surface area (Å²) < 4.78 is 16.4. The second kappa shape index (κ2) is 8.93. The average Bonchev–Trinajstić information content (AvgIpc) is 2.82. The molecule has 0 radical (unpaired) electrons. The minimum absolute atomic E-state index is 0.0162. The molecule has 33 heavy (non-hydrogen) atoms. The van der Waals surface area contributed by atoms with Crippen LogP contribution in [0.25, 0.3) is 0 Å². The maximum atomic E-state index is 13.4. The lowest BCUT2D eigenvalue weighted by molar-refractivity contribution is -0.384. The highest BCUT2D eigenvalue weighted by atomic mass is 16.6. The van der Waals surface area contributed by atoms with Crippen LogP contribution in [0.1, 0.15) is 37.2 Å². The third kappa shape index (κ3) is 3.90. The minimum atomic E-state index is -0.496. The largest absolute Gasteiger partial charge is 0.496 e. The molecule has 9 nitrogen and oxygen atoms in total. The van der Waals surface area contributed by atoms with Crippen LogP contribution in [0.4, 0.5) is 11.4 Å². The fourth-order valence-corrected chi connectivity index (χ4v) is 4.61. The molecule has 0 aromatic heterocycles. The van der Waals surface area contributed by atoms with Gasteiger partial charge in [-0.2, -0.15) is 0 Å². The topological polar surface area (TPSA) is 108 Å². The van der Waals surface area contributed by atoms with E-state index in [4.69, 9.17) is 14.2 Å². The van der Waals surface area contributed by atoms with E-state index in [-0.39, 0.29) is 23.8 Å². The van der Waals surface area contributed by atoms with E-state index in [2.05, 4.69) is 0 Å². The fourth-order valence-electron chi connectivity index (χ4n) is 4.61. The number of hydrogen-bond donors (Lipinski definition) is 0. The Morgan fingerprint density at radius 2 is 1.58 bits per heavy atom. The highest BCUT2D eigenvalue weighted by Crippen LogP contribution is 2.48. The van der Waals surface area contributed by atoms with Crippen molar-refractivity contribution in [2.24, 2.45) is 0 Å². The van der Waals surface area contributed by atoms with Gasteiger partial charge in [0.25, 0.3) is 5.69 Å². The molecule has 2 aliphatic rings. The lowest BCUT2D eigenvalue weighted by Crippen LogP contribution is -2.40. The van der Waals surface area contributed by atoms with Gasteiger partial charge in [-0.05, 0) is 31.0 Å². The predicted octanol–water partition coefficient (Wildman–Crippen LogP) is 4.15. The van der Waals surface area contributed by atoms with Crippen LogP contribution in [-0.2, 0) is 9.59 Å². The number of amides is 1. The number of ether oxygens (including phenoxy) is 3. The molecule has 0 saturated heterocycles. The number of hydrogen-bond acceptors (Lipinski definition) is 7. The molecule has 2 aromatic carbocycles. The monoisotopic (exact) mass is 452 g/mol. The number of nitrogens with zero attached hydrogens (tertiary/aromatic N) is 2. The molecule has 1 heterocycles. The molecule has 1 amide bonds. The highest BCUT2D eigenvalue weighted by Gasteiger charge is 2.41. The number of nitro groups is 1. The molecule has 0 spiro atoms. The molecular formula is C24H24N2O7. The first-order chi connectivity index (χ1) is 15.9. The van der Waals surface area contributed by atoms with E-state index >= 15 is 0 Å². The predicted molar refractivity (Wildman–Crippen MR) is 120 cm³/mol. The summed E-state index contributed by atoms with van der Waals surface area (Å²) in [6.45, 7) is 0. The molecule has 0 saturated carbocycles. The number of allylic oxidation sites excluding steroid dienone is 2. The Hall–Kier alpha value is -3.88. The van der Waals surface area contributed by atoms with Crippen molar-refractivity contribution in [3.05, 3.63) is 63.3 Å². The second-order valence-electron chi connectivity index (χ2n) is 7.85. The van der Waals surface area contributed by atoms with Crippen LogP contribution < -0.4 is 19.1 Å². The number of rotatable bonds is 6. The molecule has 0 N–H and O–H groups in total. The van der Waals surface area contributed by atoms with Crippen LogP contribution in [0.2, 0.25) is 0 Å². The maximum Gasteiger partial charge on any atom is 0.269 e. The summed E-state index contributed by atoms with van der Waals surface area (Å²) >= 11 is 0. The van der Waals surface area contributed by atoms with E-state index < -0.39 is 10.8 Å². The minimum Gasteiger partial charge on any atom is -0.496 e. The molecule has 1 aliphatic heterocycles. The standard InChI is InChI=1S/C24H24N2O7/c1-31-20-13-22(33-3)21(32-2)11-16(20)17-12-23(28)25(18-5-4-6-19(27)24(17)18)14-7-9-15(10-8-14)26(29)30/h7-11,13,17H,4-6,12H2,1-3H3. The zero-order chi connectivity index (χ0) is 23.7. The Balaban J connectivity index is 1.86. The number of carbonyl (C=O) groups is 2. The fraction of sp³-hybridized carbons (Fsp3) is 0.333. The number of nitro benzene ring substituents is 1. The smallest absolute Gasteiger partial charge is 0.269 e. The van der Waals surface area contributed by atoms with Gasteiger partial charge in [0.2, 0.25) is 5.91 Å². The first-order valence-electron chi connectivity index (χ1n) is 10.5. The third-order valence-corrected chi connectivity index (χ3v) is 6.11. The van der Waals surface area contributed by atoms with Gasteiger partial charge in [-0.1, -0.05) is 0 Å². The molecule has 2 aromatic rings. The highest BCUT2D eigenvalue weighted by molar-refractivity contribution is 6.07. The normalized spacial score (nSPS) is 18.2. The summed E-state index contributed by atoms with van der Waals surface area (Å²) in [4.78, 5) is 38.6. The molecule has 172 valence electrons. The Bertz CT molecular complexity index is 1150. The number of Topliss-reactive ketones (excluding diaryl/α,β-unsaturated/α-hetero) is 1. The van der Waals surface area contributed by atoms with Gasteiger partial charge in [-0.15, -0.1) is 0 Å². The number of non-ortho nitro benzene ring substituents is 1. The molecule has 0 bridgehead atoms. The summed E-state index contributed by atoms with van der Waals surface area (Å²) in [6, 6.07) is 9.24. The van der Waals surface area contributed by atoms with Crippen LogP contribution in [0.5, 0.6) is 17.2 Å². The summed E-state index contributed by atoms with van der Waals surface area (Å²) in [5.74, 6) is 0.751. The zero-order valence-electron chi connectivity index (χ0n) is 18.6. The summed E-state index contributed by atoms with van der Waals surface area (Å²) in [7, 11) is 4.57. The van der Waals surface area contributed by atoms with Crippen LogP contribution in [0, 0.1) is 10.1 Å².